The van der Waals surface area contributed by atoms with Crippen molar-refractivity contribution in [3.63, 3.8) is 0 Å². The van der Waals surface area contributed by atoms with Crippen LogP contribution in [0.25, 0.3) is 0 Å². The minimum absolute atomic E-state index is 0.0458. The molecule has 1 saturated heterocycles. The largest absolute Gasteiger partial charge is 0.462 e. The fraction of sp³-hybridized carbons (Fsp3) is 0.458. The lowest BCUT2D eigenvalue weighted by atomic mass is 10.1. The highest BCUT2D eigenvalue weighted by molar-refractivity contribution is 7.89. The van der Waals surface area contributed by atoms with Crippen molar-refractivity contribution in [3.8, 4) is 0 Å². The van der Waals surface area contributed by atoms with Gasteiger partial charge in [-0.1, -0.05) is 6.07 Å². The van der Waals surface area contributed by atoms with Crippen molar-refractivity contribution in [1.29, 1.82) is 0 Å². The van der Waals surface area contributed by atoms with Crippen molar-refractivity contribution in [2.45, 2.75) is 45.6 Å². The van der Waals surface area contributed by atoms with Gasteiger partial charge in [0.15, 0.2) is 6.10 Å². The second-order valence-corrected chi connectivity index (χ2v) is 10.3. The number of anilines is 1. The van der Waals surface area contributed by atoms with Gasteiger partial charge in [-0.15, -0.1) is 0 Å². The highest BCUT2D eigenvalue weighted by atomic mass is 32.2. The van der Waals surface area contributed by atoms with Crippen LogP contribution in [0.2, 0.25) is 0 Å². The first-order valence-corrected chi connectivity index (χ1v) is 13.0. The van der Waals surface area contributed by atoms with Gasteiger partial charge in [-0.05, 0) is 57.9 Å². The third-order valence-electron chi connectivity index (χ3n) is 5.82. The number of benzene rings is 1. The summed E-state index contributed by atoms with van der Waals surface area (Å²) in [5, 5.41) is 2.60. The standard InChI is InChI=1S/C24H31N3O8S/c1-6-34-23(29)20-15(3)21(25-16(20)4)24(30)35-17(5)22(28)26-18-8-7-14(2)19(13-18)36(31,32)27-9-11-33-12-10-27/h7-8,13,17,25H,6,9-12H2,1-5H3,(H,26,28). The zero-order chi connectivity index (χ0) is 26.6. The number of nitrogens with zero attached hydrogens (tertiary/aromatic N) is 1. The van der Waals surface area contributed by atoms with Crippen LogP contribution in [-0.4, -0.2) is 74.6 Å². The molecule has 1 unspecified atom stereocenters. The van der Waals surface area contributed by atoms with Gasteiger partial charge in [0.25, 0.3) is 5.91 Å². The Labute approximate surface area is 210 Å². The minimum Gasteiger partial charge on any atom is -0.462 e. The van der Waals surface area contributed by atoms with Crippen molar-refractivity contribution in [3.05, 3.63) is 46.3 Å². The molecule has 0 radical (unpaired) electrons. The van der Waals surface area contributed by atoms with Crippen molar-refractivity contribution >= 4 is 33.6 Å². The van der Waals surface area contributed by atoms with E-state index in [9.17, 15) is 22.8 Å². The molecule has 0 spiro atoms. The molecule has 1 atom stereocenters. The van der Waals surface area contributed by atoms with E-state index < -0.39 is 34.0 Å². The molecule has 196 valence electrons. The first-order chi connectivity index (χ1) is 17.0. The molecule has 1 aliphatic rings. The van der Waals surface area contributed by atoms with Crippen LogP contribution in [0.5, 0.6) is 0 Å². The molecule has 2 heterocycles. The van der Waals surface area contributed by atoms with E-state index in [1.165, 1.54) is 17.3 Å². The monoisotopic (exact) mass is 521 g/mol. The molecule has 1 amide bonds. The maximum absolute atomic E-state index is 13.1. The van der Waals surface area contributed by atoms with Gasteiger partial charge in [-0.2, -0.15) is 4.31 Å². The van der Waals surface area contributed by atoms with Gasteiger partial charge in [0, 0.05) is 24.5 Å². The van der Waals surface area contributed by atoms with Crippen LogP contribution >= 0.6 is 0 Å². The van der Waals surface area contributed by atoms with Crippen LogP contribution in [0, 0.1) is 20.8 Å². The molecule has 1 aromatic carbocycles. The van der Waals surface area contributed by atoms with E-state index in [0.717, 1.165) is 0 Å². The minimum atomic E-state index is -3.77. The van der Waals surface area contributed by atoms with Crippen molar-refractivity contribution in [1.82, 2.24) is 9.29 Å². The second kappa shape index (κ2) is 11.2. The van der Waals surface area contributed by atoms with Crippen LogP contribution < -0.4 is 5.32 Å². The Morgan fingerprint density at radius 3 is 2.44 bits per heavy atom. The highest BCUT2D eigenvalue weighted by Gasteiger charge is 2.29. The first kappa shape index (κ1) is 27.4. The Kier molecular flexibility index (Phi) is 8.54. The number of ether oxygens (including phenoxy) is 3. The average Bonchev–Trinajstić information content (AvgIpc) is 3.14. The average molecular weight is 522 g/mol. The van der Waals surface area contributed by atoms with Crippen LogP contribution in [-0.2, 0) is 29.0 Å². The lowest BCUT2D eigenvalue weighted by Gasteiger charge is -2.27. The molecule has 1 aliphatic heterocycles. The fourth-order valence-corrected chi connectivity index (χ4v) is 5.52. The summed E-state index contributed by atoms with van der Waals surface area (Å²) in [5.41, 5.74) is 1.88. The third-order valence-corrected chi connectivity index (χ3v) is 7.86. The Morgan fingerprint density at radius 2 is 1.81 bits per heavy atom. The number of morpholine rings is 1. The van der Waals surface area contributed by atoms with Crippen molar-refractivity contribution < 1.29 is 37.0 Å². The number of aryl methyl sites for hydroxylation is 2. The second-order valence-electron chi connectivity index (χ2n) is 8.38. The number of nitrogens with one attached hydrogen (secondary N) is 2. The molecule has 11 nitrogen and oxygen atoms in total. The van der Waals surface area contributed by atoms with Crippen molar-refractivity contribution in [2.24, 2.45) is 0 Å². The van der Waals surface area contributed by atoms with Crippen LogP contribution in [0.4, 0.5) is 5.69 Å². The van der Waals surface area contributed by atoms with E-state index in [1.807, 2.05) is 0 Å². The van der Waals surface area contributed by atoms with Crippen LogP contribution in [0.1, 0.15) is 51.5 Å². The number of aromatic amines is 1. The normalized spacial score (nSPS) is 15.2. The van der Waals surface area contributed by atoms with Gasteiger partial charge in [-0.3, -0.25) is 4.79 Å². The van der Waals surface area contributed by atoms with Crippen molar-refractivity contribution in [2.75, 3.05) is 38.2 Å². The van der Waals surface area contributed by atoms with E-state index in [1.54, 1.807) is 39.8 Å². The topological polar surface area (TPSA) is 144 Å². The number of esters is 2. The number of amides is 1. The van der Waals surface area contributed by atoms with Gasteiger partial charge in [0.05, 0.1) is 30.3 Å². The van der Waals surface area contributed by atoms with E-state index in [4.69, 9.17) is 14.2 Å². The molecule has 12 heteroatoms. The predicted octanol–water partition coefficient (Wildman–Crippen LogP) is 2.32. The fourth-order valence-electron chi connectivity index (χ4n) is 3.86. The summed E-state index contributed by atoms with van der Waals surface area (Å²) in [5.74, 6) is -2.02. The summed E-state index contributed by atoms with van der Waals surface area (Å²) in [4.78, 5) is 40.5. The molecular weight excluding hydrogens is 490 g/mol. The predicted molar refractivity (Wildman–Crippen MR) is 130 cm³/mol. The van der Waals surface area contributed by atoms with Gasteiger partial charge < -0.3 is 24.5 Å². The Bertz CT molecular complexity index is 1260. The zero-order valence-electron chi connectivity index (χ0n) is 21.0. The van der Waals surface area contributed by atoms with Gasteiger partial charge in [0.1, 0.15) is 5.69 Å². The Hall–Kier alpha value is -3.22. The SMILES string of the molecule is CCOC(=O)c1c(C)[nH]c(C(=O)OC(C)C(=O)Nc2ccc(C)c(S(=O)(=O)N3CCOCC3)c2)c1C. The van der Waals surface area contributed by atoms with Gasteiger partial charge in [-0.25, -0.2) is 18.0 Å². The molecule has 0 aliphatic carbocycles. The number of carbonyl (C=O) groups excluding carboxylic acids is 3. The van der Waals surface area contributed by atoms with Gasteiger partial charge >= 0.3 is 11.9 Å². The number of rotatable bonds is 8. The lowest BCUT2D eigenvalue weighted by molar-refractivity contribution is -0.123. The smallest absolute Gasteiger partial charge is 0.355 e. The van der Waals surface area contributed by atoms with E-state index in [0.29, 0.717) is 30.0 Å². The summed E-state index contributed by atoms with van der Waals surface area (Å²) < 4.78 is 43.1. The number of carbonyl (C=O) groups is 3. The number of H-pyrrole nitrogens is 1. The summed E-state index contributed by atoms with van der Waals surface area (Å²) >= 11 is 0. The summed E-state index contributed by atoms with van der Waals surface area (Å²) in [6, 6.07) is 4.56. The zero-order valence-corrected chi connectivity index (χ0v) is 21.8. The van der Waals surface area contributed by atoms with E-state index in [2.05, 4.69) is 10.3 Å². The molecule has 36 heavy (non-hydrogen) atoms. The van der Waals surface area contributed by atoms with Gasteiger partial charge in [0.2, 0.25) is 10.0 Å². The summed E-state index contributed by atoms with van der Waals surface area (Å²) in [6.45, 7) is 9.29. The molecule has 2 N–H and O–H groups in total. The summed E-state index contributed by atoms with van der Waals surface area (Å²) in [7, 11) is -3.77. The lowest BCUT2D eigenvalue weighted by Crippen LogP contribution is -2.40. The third kappa shape index (κ3) is 5.77. The number of sulfonamides is 1. The molecule has 0 saturated carbocycles. The molecule has 0 bridgehead atoms. The highest BCUT2D eigenvalue weighted by Crippen LogP contribution is 2.25. The van der Waals surface area contributed by atoms with Crippen LogP contribution in [0.3, 0.4) is 0 Å². The number of hydrogen-bond donors (Lipinski definition) is 2. The summed E-state index contributed by atoms with van der Waals surface area (Å²) in [6.07, 6.45) is -1.20. The molecule has 3 rings (SSSR count). The molecule has 2 aromatic rings. The molecule has 1 aromatic heterocycles. The van der Waals surface area contributed by atoms with E-state index in [-0.39, 0.29) is 41.5 Å². The number of hydrogen-bond acceptors (Lipinski definition) is 8. The maximum atomic E-state index is 13.1. The number of aromatic nitrogens is 1. The van der Waals surface area contributed by atoms with Crippen LogP contribution in [0.15, 0.2) is 23.1 Å². The Balaban J connectivity index is 1.72. The maximum Gasteiger partial charge on any atom is 0.355 e. The molecular formula is C24H31N3O8S. The molecule has 1 fully saturated rings. The quantitative estimate of drug-likeness (QED) is 0.504. The van der Waals surface area contributed by atoms with E-state index >= 15 is 0 Å². The Morgan fingerprint density at radius 1 is 1.14 bits per heavy atom. The first-order valence-electron chi connectivity index (χ1n) is 11.5.